The summed E-state index contributed by atoms with van der Waals surface area (Å²) < 4.78 is 28.0. The first-order valence-electron chi connectivity index (χ1n) is 13.1. The van der Waals surface area contributed by atoms with E-state index < -0.39 is 92.3 Å². The highest BCUT2D eigenvalue weighted by Gasteiger charge is 2.51. The molecule has 3 aliphatic rings. The summed E-state index contributed by atoms with van der Waals surface area (Å²) in [5.41, 5.74) is 0.520. The third kappa shape index (κ3) is 5.76. The maximum absolute atomic E-state index is 12.8. The molecule has 0 spiro atoms. The Bertz CT molecular complexity index is 1250. The Morgan fingerprint density at radius 3 is 2.10 bits per heavy atom. The molecule has 0 saturated carbocycles. The van der Waals surface area contributed by atoms with E-state index in [1.165, 1.54) is 18.2 Å². The van der Waals surface area contributed by atoms with Crippen LogP contribution in [0.2, 0.25) is 0 Å². The van der Waals surface area contributed by atoms with Gasteiger partial charge in [-0.15, -0.1) is 0 Å². The molecule has 3 aliphatic heterocycles. The first-order valence-corrected chi connectivity index (χ1v) is 13.1. The average Bonchev–Trinajstić information content (AvgIpc) is 2.96. The van der Waals surface area contributed by atoms with Crippen LogP contribution in [0.5, 0.6) is 23.0 Å². The molecule has 0 amide bonds. The number of ether oxygens (including phenoxy) is 5. The molecule has 15 heteroatoms. The summed E-state index contributed by atoms with van der Waals surface area (Å²) in [5, 5.41) is 91.3. The molecule has 5 rings (SSSR count). The van der Waals surface area contributed by atoms with Crippen LogP contribution in [0, 0.1) is 0 Å². The topological polar surface area (TPSA) is 245 Å². The van der Waals surface area contributed by atoms with Gasteiger partial charge in [0, 0.05) is 12.1 Å². The highest BCUT2D eigenvalue weighted by molar-refractivity contribution is 6.02. The van der Waals surface area contributed by atoms with Gasteiger partial charge in [-0.05, 0) is 17.7 Å². The molecule has 9 N–H and O–H groups in total. The number of ketones is 1. The van der Waals surface area contributed by atoms with Crippen LogP contribution in [0.3, 0.4) is 0 Å². The molecule has 11 atom stereocenters. The lowest BCUT2D eigenvalue weighted by molar-refractivity contribution is -0.352. The monoisotopic (exact) mass is 596 g/mol. The average molecular weight is 597 g/mol. The number of hydrogen-bond acceptors (Lipinski definition) is 15. The van der Waals surface area contributed by atoms with Gasteiger partial charge in [0.2, 0.25) is 6.29 Å². The van der Waals surface area contributed by atoms with Gasteiger partial charge < -0.3 is 69.6 Å². The molecule has 42 heavy (non-hydrogen) atoms. The van der Waals surface area contributed by atoms with Crippen molar-refractivity contribution < 1.29 is 74.4 Å². The lowest BCUT2D eigenvalue weighted by Crippen LogP contribution is -2.65. The minimum Gasteiger partial charge on any atom is -0.508 e. The normalized spacial score (nSPS) is 36.6. The standard InChI is InChI=1S/C27H32O15/c28-8-17-20(33)21(34)23(36)27(40-17)42-25-18(9-29)41-26(24(37)22(25)35)38-12-5-13(31)19-14(32)7-15(39-16(19)6-12)10-1-3-11(30)4-2-10/h1-6,15,17-18,20-31,33-37H,7-9H2. The van der Waals surface area contributed by atoms with Crippen LogP contribution in [0.1, 0.15) is 28.4 Å². The van der Waals surface area contributed by atoms with Crippen molar-refractivity contribution in [2.24, 2.45) is 0 Å². The molecule has 0 radical (unpaired) electrons. The molecule has 3 heterocycles. The maximum Gasteiger partial charge on any atom is 0.229 e. The smallest absolute Gasteiger partial charge is 0.229 e. The molecule has 11 unspecified atom stereocenters. The lowest BCUT2D eigenvalue weighted by Gasteiger charge is -2.45. The summed E-state index contributed by atoms with van der Waals surface area (Å²) in [7, 11) is 0. The summed E-state index contributed by atoms with van der Waals surface area (Å²) in [6.07, 6.45) is -17.2. The van der Waals surface area contributed by atoms with Crippen molar-refractivity contribution >= 4 is 5.78 Å². The van der Waals surface area contributed by atoms with Crippen LogP contribution in [0.4, 0.5) is 0 Å². The fraction of sp³-hybridized carbons (Fsp3) is 0.519. The number of aliphatic hydroxyl groups is 7. The zero-order valence-electron chi connectivity index (χ0n) is 21.9. The third-order valence-electron chi connectivity index (χ3n) is 7.45. The number of Topliss-reactive ketones (excluding diaryl/α,β-unsaturated/α-hetero) is 1. The van der Waals surface area contributed by atoms with E-state index in [4.69, 9.17) is 23.7 Å². The minimum absolute atomic E-state index is 0.0206. The van der Waals surface area contributed by atoms with Gasteiger partial charge in [0.15, 0.2) is 12.1 Å². The predicted octanol–water partition coefficient (Wildman–Crippen LogP) is -2.19. The second-order valence-corrected chi connectivity index (χ2v) is 10.3. The summed E-state index contributed by atoms with van der Waals surface area (Å²) >= 11 is 0. The Labute approximate surface area is 238 Å². The predicted molar refractivity (Wildman–Crippen MR) is 136 cm³/mol. The molecule has 2 aromatic rings. The molecule has 0 aromatic heterocycles. The highest BCUT2D eigenvalue weighted by Crippen LogP contribution is 2.43. The summed E-state index contributed by atoms with van der Waals surface area (Å²) in [5.74, 6) is -0.981. The van der Waals surface area contributed by atoms with Crippen molar-refractivity contribution in [3.8, 4) is 23.0 Å². The van der Waals surface area contributed by atoms with Crippen molar-refractivity contribution in [2.45, 2.75) is 73.9 Å². The largest absolute Gasteiger partial charge is 0.508 e. The molecule has 15 nitrogen and oxygen atoms in total. The van der Waals surface area contributed by atoms with Crippen LogP contribution in [0.15, 0.2) is 36.4 Å². The van der Waals surface area contributed by atoms with Crippen LogP contribution in [-0.4, -0.2) is 126 Å². The van der Waals surface area contributed by atoms with Crippen molar-refractivity contribution in [1.82, 2.24) is 0 Å². The Balaban J connectivity index is 1.31. The van der Waals surface area contributed by atoms with Crippen LogP contribution >= 0.6 is 0 Å². The quantitative estimate of drug-likeness (QED) is 0.165. The van der Waals surface area contributed by atoms with Gasteiger partial charge in [-0.1, -0.05) is 12.1 Å². The van der Waals surface area contributed by atoms with E-state index in [0.29, 0.717) is 5.56 Å². The van der Waals surface area contributed by atoms with E-state index >= 15 is 0 Å². The second kappa shape index (κ2) is 12.3. The van der Waals surface area contributed by atoms with E-state index in [-0.39, 0.29) is 29.2 Å². The van der Waals surface area contributed by atoms with Crippen LogP contribution in [-0.2, 0) is 14.2 Å². The number of aromatic hydroxyl groups is 2. The van der Waals surface area contributed by atoms with Gasteiger partial charge in [0.1, 0.15) is 83.5 Å². The Morgan fingerprint density at radius 2 is 1.43 bits per heavy atom. The van der Waals surface area contributed by atoms with Gasteiger partial charge in [-0.3, -0.25) is 4.79 Å². The number of carbonyl (C=O) groups is 1. The maximum atomic E-state index is 12.8. The first-order chi connectivity index (χ1) is 20.0. The molecule has 0 aliphatic carbocycles. The number of aliphatic hydroxyl groups excluding tert-OH is 7. The molecule has 0 bridgehead atoms. The Kier molecular flexibility index (Phi) is 8.86. The van der Waals surface area contributed by atoms with Gasteiger partial charge in [-0.2, -0.15) is 0 Å². The van der Waals surface area contributed by atoms with Gasteiger partial charge in [0.05, 0.1) is 19.6 Å². The second-order valence-electron chi connectivity index (χ2n) is 10.3. The van der Waals surface area contributed by atoms with E-state index in [1.54, 1.807) is 12.1 Å². The number of fused-ring (bicyclic) bond motifs is 1. The Morgan fingerprint density at radius 1 is 0.786 bits per heavy atom. The van der Waals surface area contributed by atoms with Crippen LogP contribution < -0.4 is 9.47 Å². The van der Waals surface area contributed by atoms with Gasteiger partial charge >= 0.3 is 0 Å². The molecular formula is C27H32O15. The number of hydrogen-bond donors (Lipinski definition) is 9. The highest BCUT2D eigenvalue weighted by atomic mass is 16.7. The van der Waals surface area contributed by atoms with Crippen molar-refractivity contribution in [1.29, 1.82) is 0 Å². The van der Waals surface area contributed by atoms with E-state index in [1.807, 2.05) is 0 Å². The van der Waals surface area contributed by atoms with Gasteiger partial charge in [-0.25, -0.2) is 0 Å². The molecule has 2 fully saturated rings. The van der Waals surface area contributed by atoms with Crippen molar-refractivity contribution in [3.63, 3.8) is 0 Å². The number of phenolic OH excluding ortho intramolecular Hbond substituents is 2. The lowest BCUT2D eigenvalue weighted by atomic mass is 9.95. The number of phenols is 2. The third-order valence-corrected chi connectivity index (χ3v) is 7.45. The van der Waals surface area contributed by atoms with Crippen molar-refractivity contribution in [2.75, 3.05) is 13.2 Å². The van der Waals surface area contributed by atoms with E-state index in [0.717, 1.165) is 6.07 Å². The summed E-state index contributed by atoms with van der Waals surface area (Å²) in [6.45, 7) is -1.50. The first kappa shape index (κ1) is 30.4. The zero-order valence-corrected chi connectivity index (χ0v) is 21.9. The van der Waals surface area contributed by atoms with E-state index in [9.17, 15) is 50.8 Å². The zero-order chi connectivity index (χ0) is 30.3. The summed E-state index contributed by atoms with van der Waals surface area (Å²) in [6, 6.07) is 8.43. The van der Waals surface area contributed by atoms with Crippen molar-refractivity contribution in [3.05, 3.63) is 47.5 Å². The molecular weight excluding hydrogens is 564 g/mol. The van der Waals surface area contributed by atoms with Crippen LogP contribution in [0.25, 0.3) is 0 Å². The van der Waals surface area contributed by atoms with E-state index in [2.05, 4.69) is 0 Å². The van der Waals surface area contributed by atoms with Gasteiger partial charge in [0.25, 0.3) is 0 Å². The molecule has 2 saturated heterocycles. The summed E-state index contributed by atoms with van der Waals surface area (Å²) in [4.78, 5) is 12.8. The Hall–Kier alpha value is -3.09. The fourth-order valence-electron chi connectivity index (χ4n) is 5.14. The fourth-order valence-corrected chi connectivity index (χ4v) is 5.14. The SMILES string of the molecule is O=C1CC(c2ccc(O)cc2)Oc2cc(OC3OC(CO)C(OC4OC(CO)C(O)C(O)C4O)C(O)C3O)cc(O)c21. The number of carbonyl (C=O) groups excluding carboxylic acids is 1. The molecule has 230 valence electrons. The minimum atomic E-state index is -1.83. The number of rotatable bonds is 7. The molecule has 2 aromatic carbocycles. The number of benzene rings is 2.